The molecular formula is C18H16F3N3OS. The summed E-state index contributed by atoms with van der Waals surface area (Å²) >= 11 is 1.46. The van der Waals surface area contributed by atoms with Gasteiger partial charge in [-0.25, -0.2) is 4.68 Å². The Morgan fingerprint density at radius 3 is 2.58 bits per heavy atom. The maximum Gasteiger partial charge on any atom is 0.416 e. The fraction of sp³-hybridized carbons (Fsp3) is 0.222. The van der Waals surface area contributed by atoms with E-state index in [1.54, 1.807) is 19.9 Å². The summed E-state index contributed by atoms with van der Waals surface area (Å²) in [5, 5.41) is 10.6. The van der Waals surface area contributed by atoms with Gasteiger partial charge in [-0.3, -0.25) is 4.79 Å². The second-order valence-corrected chi connectivity index (χ2v) is 6.71. The van der Waals surface area contributed by atoms with Crippen LogP contribution in [0.25, 0.3) is 5.69 Å². The Morgan fingerprint density at radius 2 is 2.00 bits per heavy atom. The zero-order chi connectivity index (χ0) is 18.9. The zero-order valence-electron chi connectivity index (χ0n) is 14.1. The van der Waals surface area contributed by atoms with Crippen molar-refractivity contribution >= 4 is 22.9 Å². The van der Waals surface area contributed by atoms with Crippen molar-refractivity contribution in [3.8, 4) is 5.69 Å². The third kappa shape index (κ3) is 3.96. The molecule has 0 atom stereocenters. The van der Waals surface area contributed by atoms with Crippen molar-refractivity contribution in [2.45, 2.75) is 26.4 Å². The Labute approximate surface area is 152 Å². The lowest BCUT2D eigenvalue weighted by Gasteiger charge is -2.15. The van der Waals surface area contributed by atoms with E-state index in [1.165, 1.54) is 22.1 Å². The molecule has 0 spiro atoms. The fourth-order valence-electron chi connectivity index (χ4n) is 2.64. The summed E-state index contributed by atoms with van der Waals surface area (Å²) in [6.07, 6.45) is -4.41. The number of nitrogens with zero attached hydrogens (tertiary/aromatic N) is 2. The van der Waals surface area contributed by atoms with Gasteiger partial charge in [0, 0.05) is 5.69 Å². The molecule has 2 aromatic heterocycles. The van der Waals surface area contributed by atoms with Crippen molar-refractivity contribution in [1.29, 1.82) is 0 Å². The van der Waals surface area contributed by atoms with Gasteiger partial charge < -0.3 is 5.32 Å². The van der Waals surface area contributed by atoms with E-state index in [2.05, 4.69) is 10.4 Å². The Hall–Kier alpha value is -2.61. The minimum Gasteiger partial charge on any atom is -0.324 e. The monoisotopic (exact) mass is 379 g/mol. The van der Waals surface area contributed by atoms with Crippen LogP contribution in [-0.4, -0.2) is 15.7 Å². The fourth-order valence-corrected chi connectivity index (χ4v) is 3.31. The van der Waals surface area contributed by atoms with Gasteiger partial charge in [-0.2, -0.15) is 29.6 Å². The lowest BCUT2D eigenvalue weighted by Crippen LogP contribution is -2.17. The first-order valence-corrected chi connectivity index (χ1v) is 8.74. The van der Waals surface area contributed by atoms with E-state index in [1.807, 2.05) is 16.8 Å². The molecule has 1 aromatic carbocycles. The molecule has 3 rings (SSSR count). The molecule has 0 fully saturated rings. The molecule has 0 radical (unpaired) electrons. The van der Waals surface area contributed by atoms with Crippen molar-refractivity contribution in [1.82, 2.24) is 9.78 Å². The number of nitrogens with one attached hydrogen (secondary N) is 1. The number of hydrogen-bond acceptors (Lipinski definition) is 3. The van der Waals surface area contributed by atoms with Gasteiger partial charge in [0.05, 0.1) is 29.1 Å². The lowest BCUT2D eigenvalue weighted by molar-refractivity contribution is -0.137. The number of carbonyl (C=O) groups is 1. The maximum absolute atomic E-state index is 13.1. The summed E-state index contributed by atoms with van der Waals surface area (Å²) in [5.41, 5.74) is 1.95. The molecule has 0 saturated heterocycles. The number of aromatic nitrogens is 2. The Bertz CT molecular complexity index is 930. The van der Waals surface area contributed by atoms with Crippen LogP contribution in [0.3, 0.4) is 0 Å². The Kier molecular flexibility index (Phi) is 4.86. The van der Waals surface area contributed by atoms with E-state index >= 15 is 0 Å². The van der Waals surface area contributed by atoms with Crippen LogP contribution in [0.5, 0.6) is 0 Å². The molecule has 0 saturated carbocycles. The highest BCUT2D eigenvalue weighted by Gasteiger charge is 2.31. The number of benzene rings is 1. The van der Waals surface area contributed by atoms with Gasteiger partial charge in [-0.05, 0) is 60.5 Å². The predicted molar refractivity (Wildman–Crippen MR) is 94.7 cm³/mol. The van der Waals surface area contributed by atoms with Gasteiger partial charge in [-0.15, -0.1) is 0 Å². The molecule has 0 aliphatic rings. The predicted octanol–water partition coefficient (Wildman–Crippen LogP) is 4.75. The first-order chi connectivity index (χ1) is 12.2. The van der Waals surface area contributed by atoms with E-state index in [9.17, 15) is 18.0 Å². The van der Waals surface area contributed by atoms with Crippen LogP contribution in [0.1, 0.15) is 22.5 Å². The van der Waals surface area contributed by atoms with E-state index in [4.69, 9.17) is 0 Å². The average Bonchev–Trinajstić information content (AvgIpc) is 3.15. The topological polar surface area (TPSA) is 46.9 Å². The summed E-state index contributed by atoms with van der Waals surface area (Å²) in [6, 6.07) is 6.87. The first-order valence-electron chi connectivity index (χ1n) is 7.80. The number of amides is 1. The van der Waals surface area contributed by atoms with Crippen molar-refractivity contribution in [2.75, 3.05) is 5.32 Å². The van der Waals surface area contributed by atoms with Crippen LogP contribution < -0.4 is 5.32 Å². The normalized spacial score (nSPS) is 11.6. The number of alkyl halides is 3. The number of halogens is 3. The largest absolute Gasteiger partial charge is 0.416 e. The highest BCUT2D eigenvalue weighted by molar-refractivity contribution is 7.08. The van der Waals surface area contributed by atoms with Crippen LogP contribution in [0, 0.1) is 13.8 Å². The number of hydrogen-bond donors (Lipinski definition) is 1. The molecule has 4 nitrogen and oxygen atoms in total. The second kappa shape index (κ2) is 6.95. The van der Waals surface area contributed by atoms with Crippen molar-refractivity contribution in [3.05, 3.63) is 63.6 Å². The van der Waals surface area contributed by atoms with Gasteiger partial charge >= 0.3 is 6.18 Å². The van der Waals surface area contributed by atoms with Crippen LogP contribution in [0.4, 0.5) is 18.9 Å². The first kappa shape index (κ1) is 18.2. The minimum atomic E-state index is -4.50. The van der Waals surface area contributed by atoms with E-state index in [-0.39, 0.29) is 18.0 Å². The Balaban J connectivity index is 1.99. The molecule has 8 heteroatoms. The molecule has 0 aliphatic carbocycles. The second-order valence-electron chi connectivity index (χ2n) is 5.93. The lowest BCUT2D eigenvalue weighted by atomic mass is 10.1. The third-order valence-corrected chi connectivity index (χ3v) is 4.51. The van der Waals surface area contributed by atoms with Crippen LogP contribution in [0.15, 0.2) is 41.1 Å². The molecule has 2 heterocycles. The highest BCUT2D eigenvalue weighted by atomic mass is 32.1. The van der Waals surface area contributed by atoms with Gasteiger partial charge in [0.25, 0.3) is 0 Å². The van der Waals surface area contributed by atoms with Crippen LogP contribution >= 0.6 is 11.3 Å². The summed E-state index contributed by atoms with van der Waals surface area (Å²) in [4.78, 5) is 12.3. The van der Waals surface area contributed by atoms with Gasteiger partial charge in [0.1, 0.15) is 0 Å². The number of rotatable bonds is 4. The SMILES string of the molecule is Cc1cc(C)n(-c2ccc(C(F)(F)F)cc2NC(=O)Cc2ccsc2)n1. The maximum atomic E-state index is 13.1. The van der Waals surface area contributed by atoms with Crippen LogP contribution in [-0.2, 0) is 17.4 Å². The Morgan fingerprint density at radius 1 is 1.23 bits per heavy atom. The molecule has 26 heavy (non-hydrogen) atoms. The van der Waals surface area contributed by atoms with E-state index < -0.39 is 11.7 Å². The summed E-state index contributed by atoms with van der Waals surface area (Å²) in [5.74, 6) is -0.384. The number of anilines is 1. The quantitative estimate of drug-likeness (QED) is 0.711. The number of thiophene rings is 1. The summed E-state index contributed by atoms with van der Waals surface area (Å²) < 4.78 is 40.8. The summed E-state index contributed by atoms with van der Waals surface area (Å²) in [7, 11) is 0. The summed E-state index contributed by atoms with van der Waals surface area (Å²) in [6.45, 7) is 3.59. The molecule has 1 amide bonds. The molecule has 0 bridgehead atoms. The minimum absolute atomic E-state index is 0.0752. The van der Waals surface area contributed by atoms with E-state index in [0.717, 1.165) is 29.1 Å². The number of aryl methyl sites for hydroxylation is 2. The average molecular weight is 379 g/mol. The standard InChI is InChI=1S/C18H16F3N3OS/c1-11-7-12(2)24(23-11)16-4-3-14(18(19,20)21)9-15(16)22-17(25)8-13-5-6-26-10-13/h3-7,9-10H,8H2,1-2H3,(H,22,25). The molecule has 0 aliphatic heterocycles. The number of carbonyl (C=O) groups excluding carboxylic acids is 1. The van der Waals surface area contributed by atoms with E-state index in [0.29, 0.717) is 5.69 Å². The molecule has 3 aromatic rings. The van der Waals surface area contributed by atoms with Gasteiger partial charge in [0.2, 0.25) is 5.91 Å². The van der Waals surface area contributed by atoms with Gasteiger partial charge in [0.15, 0.2) is 0 Å². The van der Waals surface area contributed by atoms with Crippen molar-refractivity contribution in [2.24, 2.45) is 0 Å². The van der Waals surface area contributed by atoms with Crippen molar-refractivity contribution < 1.29 is 18.0 Å². The van der Waals surface area contributed by atoms with Crippen LogP contribution in [0.2, 0.25) is 0 Å². The molecule has 0 unspecified atom stereocenters. The third-order valence-electron chi connectivity index (χ3n) is 3.78. The van der Waals surface area contributed by atoms with Gasteiger partial charge in [-0.1, -0.05) is 0 Å². The molecular weight excluding hydrogens is 363 g/mol. The smallest absolute Gasteiger partial charge is 0.324 e. The molecule has 136 valence electrons. The highest BCUT2D eigenvalue weighted by Crippen LogP contribution is 2.33. The van der Waals surface area contributed by atoms with Crippen molar-refractivity contribution in [3.63, 3.8) is 0 Å². The zero-order valence-corrected chi connectivity index (χ0v) is 14.9. The molecule has 1 N–H and O–H groups in total.